The number of carboxylic acids is 1. The predicted molar refractivity (Wildman–Crippen MR) is 547 cm³/mol. The highest BCUT2D eigenvalue weighted by Gasteiger charge is 2.33. The van der Waals surface area contributed by atoms with Gasteiger partial charge in [-0.2, -0.15) is 10.5 Å². The van der Waals surface area contributed by atoms with Crippen LogP contribution in [-0.4, -0.2) is 256 Å². The number of carbonyl (C=O) groups excluding carboxylic acids is 8. The van der Waals surface area contributed by atoms with Crippen LogP contribution in [0, 0.1) is 22.7 Å². The van der Waals surface area contributed by atoms with Crippen molar-refractivity contribution in [3.05, 3.63) is 130 Å². The molecule has 4 atom stereocenters. The average Bonchev–Trinajstić information content (AvgIpc) is 1.71. The molecule has 0 saturated carbocycles. The molecule has 0 bridgehead atoms. The zero-order chi connectivity index (χ0) is 97.2. The summed E-state index contributed by atoms with van der Waals surface area (Å²) < 4.78 is 36.6. The molecule has 10 aromatic heterocycles. The molecule has 0 unspecified atom stereocenters. The van der Waals surface area contributed by atoms with Gasteiger partial charge in [-0.05, 0) is 169 Å². The zero-order valence-corrected chi connectivity index (χ0v) is 80.4. The number of rotatable bonds is 23. The van der Waals surface area contributed by atoms with E-state index in [1.54, 1.807) is 64.7 Å². The number of aliphatic hydroxyl groups excluding tert-OH is 1. The van der Waals surface area contributed by atoms with E-state index in [0.29, 0.717) is 150 Å². The standard InChI is InChI=1S/C21H30N4O4.C19H23N5O3.C16H22N4O2.C11H11ClN2O2.C10H9ClN2O2.C10H20N2O2.C3H3NO2.C3H8O.5CH4.ClH/c1-5-11-28-19(26)16-12-23-18-15(8-9-22-18)17(16)24-14-7-6-10-25(13-14)20(27)29-21(2,3)4;1-2-10-27-19(26)15-11-22-18-14(6-8-21-18)17(15)23-13-4-3-9-24(12-13)16(25)5-7-20;1-2-8-22-16(21)13-10-19-15-12(5-7-18-15)14(13)20-11-4-3-6-17-9-11;1-2-5-16-11(15)8-6-14-10-7(9(8)12)3-4-13-10;1-2-15-10(14)7-5-13-9-6(8(7)11)3-4-12-9;1-10(2,3)14-9(13)12-6-4-5-8(11)7-12;4-2-1-3(5)6;1-2-3-4;;;;;;/h8-9,12,14H,5-7,10-11,13H2,1-4H3,(H2,22,23,24);6,8,11,13H,2-5,9-10,12H2,1H3,(H2,21,22,23);5,7,10-11,17H,2-4,6,8-9H2,1H3,(H2,18,19,20);3-4,6H,2,5H2,1H3,(H,13,14);3-5H,2H2,1H3,(H,12,13);8H,4-7,11H2,1-3H3;1H2,(H,5,6);4H,2-3H2,1H3;5*1H4;1H/t14-;13-;11-;;;8-;;;;;;;;/m111..1......../s1. The summed E-state index contributed by atoms with van der Waals surface area (Å²) in [5.41, 5.74) is 12.4. The highest BCUT2D eigenvalue weighted by Crippen LogP contribution is 2.34. The van der Waals surface area contributed by atoms with E-state index in [1.165, 1.54) is 30.9 Å². The number of carboxylic acid groups (broad SMARTS) is 1. The Hall–Kier alpha value is -12.6. The Morgan fingerprint density at radius 1 is 0.453 bits per heavy atom. The van der Waals surface area contributed by atoms with Crippen molar-refractivity contribution in [1.29, 1.82) is 10.5 Å². The molecule has 0 radical (unpaired) electrons. The van der Waals surface area contributed by atoms with Crippen molar-refractivity contribution in [3.8, 4) is 12.1 Å². The van der Waals surface area contributed by atoms with Crippen LogP contribution in [0.2, 0.25) is 10.0 Å². The summed E-state index contributed by atoms with van der Waals surface area (Å²) in [6.45, 7) is 30.5. The first kappa shape index (κ1) is 124. The number of nitrogens with one attached hydrogen (secondary N) is 9. The van der Waals surface area contributed by atoms with Crippen molar-refractivity contribution in [2.75, 3.05) is 108 Å². The molecule has 0 aliphatic carbocycles. The summed E-state index contributed by atoms with van der Waals surface area (Å²) in [4.78, 5) is 147. The molecule has 139 heavy (non-hydrogen) atoms. The fourth-order valence-corrected chi connectivity index (χ4v) is 14.3. The van der Waals surface area contributed by atoms with Crippen LogP contribution in [0.1, 0.15) is 268 Å². The van der Waals surface area contributed by atoms with Gasteiger partial charge in [0.2, 0.25) is 5.91 Å². The number of esters is 5. The van der Waals surface area contributed by atoms with E-state index >= 15 is 0 Å². The molecular formula is C98H147Cl3N20O18. The number of nitrogens with two attached hydrogens (primary N) is 1. The maximum atomic E-state index is 12.6. The molecule has 4 aliphatic rings. The molecule has 38 nitrogen and oxygen atoms in total. The molecule has 768 valence electrons. The second-order valence-corrected chi connectivity index (χ2v) is 33.9. The summed E-state index contributed by atoms with van der Waals surface area (Å²) in [5.74, 6) is -3.23. The number of aromatic nitrogens is 10. The lowest BCUT2D eigenvalue weighted by atomic mass is 10.0. The number of hydrogen-bond acceptors (Lipinski definition) is 29. The van der Waals surface area contributed by atoms with E-state index in [9.17, 15) is 43.2 Å². The number of likely N-dealkylation sites (tertiary alicyclic amines) is 3. The minimum atomic E-state index is -1.07. The van der Waals surface area contributed by atoms with Crippen LogP contribution >= 0.6 is 35.6 Å². The molecule has 4 fully saturated rings. The number of amides is 3. The van der Waals surface area contributed by atoms with Gasteiger partial charge in [-0.15, -0.1) is 12.4 Å². The fraction of sp³-hybridized carbons (Fsp3) is 0.531. The van der Waals surface area contributed by atoms with Gasteiger partial charge in [-0.1, -0.05) is 95.0 Å². The first-order chi connectivity index (χ1) is 63.7. The number of anilines is 3. The van der Waals surface area contributed by atoms with Crippen molar-refractivity contribution in [2.45, 2.75) is 252 Å². The van der Waals surface area contributed by atoms with E-state index in [4.69, 9.17) is 82.8 Å². The second-order valence-electron chi connectivity index (χ2n) is 33.1. The van der Waals surface area contributed by atoms with Gasteiger partial charge in [0, 0.05) is 165 Å². The molecular weight excluding hydrogens is 1850 g/mol. The quantitative estimate of drug-likeness (QED) is 0.0209. The number of aromatic amines is 5. The van der Waals surface area contributed by atoms with E-state index < -0.39 is 47.5 Å². The fourth-order valence-electron chi connectivity index (χ4n) is 13.7. The first-order valence-corrected chi connectivity index (χ1v) is 45.5. The average molecular weight is 2000 g/mol. The van der Waals surface area contributed by atoms with Gasteiger partial charge in [0.1, 0.15) is 69.0 Å². The third-order valence-corrected chi connectivity index (χ3v) is 20.7. The Balaban J connectivity index is 0.000000824. The van der Waals surface area contributed by atoms with E-state index in [1.807, 2.05) is 107 Å². The third kappa shape index (κ3) is 39.3. The maximum absolute atomic E-state index is 12.6. The number of pyridine rings is 5. The lowest BCUT2D eigenvalue weighted by Crippen LogP contribution is -2.47. The highest BCUT2D eigenvalue weighted by molar-refractivity contribution is 6.38. The SMILES string of the molecule is C.C.C.C.C.CC(C)(C)OC(=O)N1CCC[C@@H](N)C1.CCCO.CCCOC(=O)c1cnc2[nH]ccc2c1Cl.CCCOC(=O)c1cnc2[nH]ccc2c1N[C@@H]1CCCN(C(=O)CC#N)C1.CCCOC(=O)c1cnc2[nH]ccc2c1N[C@@H]1CCCN(C(=O)OC(C)(C)C)C1.CCCOC(=O)c1cnc2[nH]ccc2c1N[C@@H]1CCCNC1.CCOC(=O)c1cnc2[nH]ccc2c1Cl.Cl.N#CCC(=O)O. The summed E-state index contributed by atoms with van der Waals surface area (Å²) in [7, 11) is 0. The van der Waals surface area contributed by atoms with Crippen molar-refractivity contribution >= 4 is 162 Å². The largest absolute Gasteiger partial charge is 0.480 e. The number of ether oxygens (including phenoxy) is 7. The monoisotopic (exact) mass is 2000 g/mol. The summed E-state index contributed by atoms with van der Waals surface area (Å²) in [6, 6.07) is 13.0. The minimum Gasteiger partial charge on any atom is -0.480 e. The molecule has 4 aliphatic heterocycles. The van der Waals surface area contributed by atoms with Gasteiger partial charge in [0.05, 0.1) is 83.4 Å². The van der Waals surface area contributed by atoms with Crippen LogP contribution < -0.4 is 27.0 Å². The Morgan fingerprint density at radius 2 is 0.763 bits per heavy atom. The van der Waals surface area contributed by atoms with Crippen LogP contribution in [0.5, 0.6) is 0 Å². The van der Waals surface area contributed by atoms with Crippen molar-refractivity contribution in [1.82, 2.24) is 69.9 Å². The molecule has 41 heteroatoms. The third-order valence-electron chi connectivity index (χ3n) is 19.9. The minimum absolute atomic E-state index is 0. The second kappa shape index (κ2) is 63.8. The molecule has 0 spiro atoms. The van der Waals surface area contributed by atoms with Gasteiger partial charge in [-0.3, -0.25) is 9.59 Å². The number of H-pyrrole nitrogens is 5. The van der Waals surface area contributed by atoms with Crippen LogP contribution in [-0.2, 0) is 42.7 Å². The van der Waals surface area contributed by atoms with Crippen LogP contribution in [0.25, 0.3) is 55.2 Å². The van der Waals surface area contributed by atoms with Crippen LogP contribution in [0.4, 0.5) is 26.7 Å². The zero-order valence-electron chi connectivity index (χ0n) is 78.1. The van der Waals surface area contributed by atoms with E-state index in [0.717, 1.165) is 141 Å². The Kier molecular flexibility index (Phi) is 57.1. The number of nitrogens with zero attached hydrogens (tertiary/aromatic N) is 10. The predicted octanol–water partition coefficient (Wildman–Crippen LogP) is 19.2. The highest BCUT2D eigenvalue weighted by atomic mass is 35.5. The van der Waals surface area contributed by atoms with Crippen LogP contribution in [0.3, 0.4) is 0 Å². The number of aliphatic hydroxyl groups is 1. The molecule has 0 aromatic carbocycles. The van der Waals surface area contributed by atoms with E-state index in [2.05, 4.69) is 71.1 Å². The van der Waals surface area contributed by atoms with E-state index in [-0.39, 0.29) is 98.1 Å². The smallest absolute Gasteiger partial charge is 0.410 e. The van der Waals surface area contributed by atoms with Crippen molar-refractivity contribution in [2.24, 2.45) is 5.73 Å². The first-order valence-electron chi connectivity index (χ1n) is 44.8. The number of nitriles is 2. The van der Waals surface area contributed by atoms with Crippen molar-refractivity contribution < 1.29 is 86.5 Å². The van der Waals surface area contributed by atoms with Gasteiger partial charge in [0.15, 0.2) is 0 Å². The molecule has 4 saturated heterocycles. The summed E-state index contributed by atoms with van der Waals surface area (Å²) in [5, 5.41) is 50.5. The lowest BCUT2D eigenvalue weighted by Gasteiger charge is -2.35. The Bertz CT molecular complexity index is 5530. The summed E-state index contributed by atoms with van der Waals surface area (Å²) >= 11 is 12.1. The lowest BCUT2D eigenvalue weighted by molar-refractivity contribution is -0.136. The van der Waals surface area contributed by atoms with Crippen LogP contribution in [0.15, 0.2) is 92.3 Å². The Morgan fingerprint density at radius 3 is 1.08 bits per heavy atom. The molecule has 3 amide bonds. The number of hydrogen-bond donors (Lipinski definition) is 12. The van der Waals surface area contributed by atoms with Gasteiger partial charge in [-0.25, -0.2) is 58.5 Å². The number of halogens is 3. The topological polar surface area (TPSA) is 534 Å². The van der Waals surface area contributed by atoms with Gasteiger partial charge < -0.3 is 110 Å². The van der Waals surface area contributed by atoms with Gasteiger partial charge in [0.25, 0.3) is 0 Å². The molecule has 14 heterocycles. The number of carbonyl (C=O) groups is 9. The number of piperidine rings is 4. The van der Waals surface area contributed by atoms with Gasteiger partial charge >= 0.3 is 48.0 Å². The molecule has 13 N–H and O–H groups in total. The Labute approximate surface area is 831 Å². The summed E-state index contributed by atoms with van der Waals surface area (Å²) in [6.07, 6.45) is 26.9. The number of aliphatic carboxylic acids is 1. The maximum Gasteiger partial charge on any atom is 0.410 e. The molecule has 10 aromatic rings. The number of fused-ring (bicyclic) bond motifs is 5. The molecule has 14 rings (SSSR count). The van der Waals surface area contributed by atoms with Crippen molar-refractivity contribution in [3.63, 3.8) is 0 Å². The normalized spacial score (nSPS) is 15.0.